The maximum atomic E-state index is 6.01. The van der Waals surface area contributed by atoms with Crippen LogP contribution in [0.3, 0.4) is 0 Å². The maximum Gasteiger partial charge on any atom is 1.00 e. The zero-order valence-electron chi connectivity index (χ0n) is 11.4. The van der Waals surface area contributed by atoms with Gasteiger partial charge in [-0.3, -0.25) is 0 Å². The Morgan fingerprint density at radius 3 is 2.22 bits per heavy atom. The molecule has 8 heteroatoms. The molecular formula is C10H13Cl3NaO2PS. The molecule has 2 nitrogen and oxygen atoms in total. The summed E-state index contributed by atoms with van der Waals surface area (Å²) in [7, 11) is 0. The first-order valence-electron chi connectivity index (χ1n) is 4.99. The summed E-state index contributed by atoms with van der Waals surface area (Å²) in [6.45, 7) is 1.96. The largest absolute Gasteiger partial charge is 1.00 e. The Bertz CT molecular complexity index is 465. The molecule has 1 unspecified atom stereocenters. The minimum atomic E-state index is -2.34. The van der Waals surface area contributed by atoms with Gasteiger partial charge in [0.05, 0.1) is 21.7 Å². The number of rotatable bonds is 5. The second-order valence-corrected chi connectivity index (χ2v) is 8.32. The van der Waals surface area contributed by atoms with Crippen molar-refractivity contribution in [1.29, 1.82) is 0 Å². The summed E-state index contributed by atoms with van der Waals surface area (Å²) >= 11 is 23.1. The van der Waals surface area contributed by atoms with Crippen LogP contribution in [0.15, 0.2) is 12.1 Å². The monoisotopic (exact) mass is 356 g/mol. The summed E-state index contributed by atoms with van der Waals surface area (Å²) in [5, 5.41) is 1.13. The summed E-state index contributed by atoms with van der Waals surface area (Å²) in [4.78, 5) is 0. The molecule has 0 amide bonds. The topological polar surface area (TPSA) is 18.5 Å². The molecule has 1 rings (SSSR count). The van der Waals surface area contributed by atoms with Crippen molar-refractivity contribution in [1.82, 2.24) is 0 Å². The van der Waals surface area contributed by atoms with Gasteiger partial charge in [-0.2, -0.15) is 0 Å². The van der Waals surface area contributed by atoms with E-state index in [2.05, 4.69) is 0 Å². The predicted molar refractivity (Wildman–Crippen MR) is 79.7 cm³/mol. The van der Waals surface area contributed by atoms with Gasteiger partial charge in [0.15, 0.2) is 0 Å². The van der Waals surface area contributed by atoms with Crippen LogP contribution < -0.4 is 34.1 Å². The van der Waals surface area contributed by atoms with E-state index in [-0.39, 0.29) is 31.0 Å². The molecule has 1 aromatic carbocycles. The van der Waals surface area contributed by atoms with E-state index in [1.54, 1.807) is 6.07 Å². The fraction of sp³-hybridized carbons (Fsp3) is 0.400. The van der Waals surface area contributed by atoms with Crippen molar-refractivity contribution >= 4 is 53.1 Å². The van der Waals surface area contributed by atoms with Crippen molar-refractivity contribution in [2.24, 2.45) is 0 Å². The van der Waals surface area contributed by atoms with E-state index >= 15 is 0 Å². The van der Waals surface area contributed by atoms with Gasteiger partial charge in [0.1, 0.15) is 5.75 Å². The van der Waals surface area contributed by atoms with Gasteiger partial charge in [-0.05, 0) is 24.8 Å². The van der Waals surface area contributed by atoms with Gasteiger partial charge in [-0.15, -0.1) is 0 Å². The average molecular weight is 358 g/mol. The second-order valence-electron chi connectivity index (χ2n) is 3.13. The molecule has 1 aromatic rings. The van der Waals surface area contributed by atoms with Crippen LogP contribution in [0.4, 0.5) is 0 Å². The van der Waals surface area contributed by atoms with Crippen LogP contribution >= 0.6 is 41.3 Å². The van der Waals surface area contributed by atoms with E-state index < -0.39 is 6.49 Å². The van der Waals surface area contributed by atoms with Crippen molar-refractivity contribution in [2.75, 3.05) is 12.8 Å². The smallest absolute Gasteiger partial charge is 1.00 e. The van der Waals surface area contributed by atoms with Crippen molar-refractivity contribution in [2.45, 2.75) is 13.8 Å². The van der Waals surface area contributed by atoms with Crippen LogP contribution in [0.1, 0.15) is 15.3 Å². The molecular weight excluding hydrogens is 344 g/mol. The quantitative estimate of drug-likeness (QED) is 0.458. The predicted octanol–water partition coefficient (Wildman–Crippen LogP) is 2.51. The van der Waals surface area contributed by atoms with Crippen molar-refractivity contribution in [3.63, 3.8) is 0 Å². The molecule has 0 spiro atoms. The molecule has 0 aliphatic carbocycles. The third-order valence-electron chi connectivity index (χ3n) is 1.93. The van der Waals surface area contributed by atoms with E-state index in [1.165, 1.54) is 6.07 Å². The Balaban J connectivity index is 0. The summed E-state index contributed by atoms with van der Waals surface area (Å²) in [6, 6.07) is 3.09. The molecule has 98 valence electrons. The number of hydrogen-bond acceptors (Lipinski definition) is 3. The Hall–Kier alpha value is 1.50. The van der Waals surface area contributed by atoms with Gasteiger partial charge in [0.25, 0.3) is 0 Å². The molecule has 0 bridgehead atoms. The molecule has 0 saturated heterocycles. The fourth-order valence-electron chi connectivity index (χ4n) is 1.10. The fourth-order valence-corrected chi connectivity index (χ4v) is 3.50. The van der Waals surface area contributed by atoms with Crippen molar-refractivity contribution < 1.29 is 40.0 Å². The van der Waals surface area contributed by atoms with E-state index in [0.29, 0.717) is 33.6 Å². The molecule has 0 heterocycles. The summed E-state index contributed by atoms with van der Waals surface area (Å²) < 4.78 is 11.2. The number of benzene rings is 1. The second kappa shape index (κ2) is 8.71. The Morgan fingerprint density at radius 2 is 1.72 bits per heavy atom. The molecule has 0 aliphatic heterocycles. The van der Waals surface area contributed by atoms with E-state index in [4.69, 9.17) is 55.7 Å². The van der Waals surface area contributed by atoms with Crippen LogP contribution in [0.5, 0.6) is 5.75 Å². The van der Waals surface area contributed by atoms with Crippen LogP contribution in [-0.2, 0) is 16.3 Å². The number of halogens is 3. The average Bonchev–Trinajstić information content (AvgIpc) is 2.26. The molecule has 0 aliphatic rings. The first kappa shape index (κ1) is 19.5. The van der Waals surface area contributed by atoms with Crippen LogP contribution in [-0.4, -0.2) is 12.8 Å². The molecule has 1 atom stereocenters. The molecule has 18 heavy (non-hydrogen) atoms. The van der Waals surface area contributed by atoms with E-state index in [0.717, 1.165) is 0 Å². The summed E-state index contributed by atoms with van der Waals surface area (Å²) in [5.41, 5.74) is 0. The molecule has 0 saturated carbocycles. The minimum absolute atomic E-state index is 0. The summed E-state index contributed by atoms with van der Waals surface area (Å²) in [5.74, 6) is 0.416. The molecule has 0 fully saturated rings. The normalized spacial score (nSPS) is 13.6. The van der Waals surface area contributed by atoms with Gasteiger partial charge < -0.3 is 10.5 Å². The van der Waals surface area contributed by atoms with Crippen molar-refractivity contribution in [3.05, 3.63) is 27.2 Å². The minimum Gasteiger partial charge on any atom is -1.00 e. The van der Waals surface area contributed by atoms with Gasteiger partial charge in [0, 0.05) is 12.2 Å². The van der Waals surface area contributed by atoms with E-state index in [1.807, 2.05) is 13.8 Å². The van der Waals surface area contributed by atoms with Gasteiger partial charge in [-0.1, -0.05) is 41.7 Å². The van der Waals surface area contributed by atoms with Gasteiger partial charge in [-0.25, -0.2) is 0 Å². The van der Waals surface area contributed by atoms with E-state index in [9.17, 15) is 0 Å². The van der Waals surface area contributed by atoms with Gasteiger partial charge in [0.2, 0.25) is 6.49 Å². The Morgan fingerprint density at radius 1 is 1.17 bits per heavy atom. The summed E-state index contributed by atoms with van der Waals surface area (Å²) in [6.07, 6.45) is 0.618. The number of hydrogen-bond donors (Lipinski definition) is 0. The first-order valence-corrected chi connectivity index (χ1v) is 8.95. The third-order valence-corrected chi connectivity index (χ3v) is 6.16. The van der Waals surface area contributed by atoms with Crippen LogP contribution in [0.2, 0.25) is 15.1 Å². The molecule has 0 N–H and O–H groups in total. The van der Waals surface area contributed by atoms with Crippen LogP contribution in [0.25, 0.3) is 0 Å². The van der Waals surface area contributed by atoms with Gasteiger partial charge >= 0.3 is 29.6 Å². The molecule has 0 aromatic heterocycles. The standard InChI is InChI=1S/C10H12Cl3O2PS.Na.H/c1-3-14-16(17,4-2)15-10-6-8(12)7(11)5-9(10)13;;/h5-6H,3-4H2,1-2H3;;/q;+1;-1. The van der Waals surface area contributed by atoms with Crippen molar-refractivity contribution in [3.8, 4) is 5.75 Å². The Kier molecular flexibility index (Phi) is 9.44. The maximum absolute atomic E-state index is 6.01. The molecule has 0 radical (unpaired) electrons. The zero-order chi connectivity index (χ0) is 13.1. The Labute approximate surface area is 151 Å². The zero-order valence-corrected chi connectivity index (χ0v) is 16.4. The SMILES string of the molecule is CCOP(=S)(CC)Oc1cc(Cl)c(Cl)cc1Cl.[H-].[Na+]. The third kappa shape index (κ3) is 5.47. The first-order chi connectivity index (χ1) is 7.91. The van der Waals surface area contributed by atoms with Crippen LogP contribution in [0, 0.1) is 0 Å².